The zero-order chi connectivity index (χ0) is 10.8. The molecule has 1 N–H and O–H groups in total. The van der Waals surface area contributed by atoms with E-state index in [0.29, 0.717) is 5.56 Å². The summed E-state index contributed by atoms with van der Waals surface area (Å²) in [6.45, 7) is 5.85. The quantitative estimate of drug-likeness (QED) is 0.605. The van der Waals surface area contributed by atoms with Crippen LogP contribution in [0.15, 0.2) is 30.3 Å². The van der Waals surface area contributed by atoms with Gasteiger partial charge in [0.15, 0.2) is 0 Å². The summed E-state index contributed by atoms with van der Waals surface area (Å²) in [4.78, 5) is 10.2. The number of hydrogen-bond acceptors (Lipinski definition) is 1. The van der Waals surface area contributed by atoms with Crippen molar-refractivity contribution in [2.24, 2.45) is 0 Å². The zero-order valence-electron chi connectivity index (χ0n) is 9.57. The zero-order valence-corrected chi connectivity index (χ0v) is 12.7. The van der Waals surface area contributed by atoms with Gasteiger partial charge >= 0.3 is 57.4 Å². The van der Waals surface area contributed by atoms with Crippen LogP contribution >= 0.6 is 0 Å². The molecule has 1 rings (SSSR count). The van der Waals surface area contributed by atoms with E-state index in [4.69, 9.17) is 5.11 Å². The van der Waals surface area contributed by atoms with Gasteiger partial charge in [-0.2, -0.15) is 6.42 Å². The molecule has 15 heavy (non-hydrogen) atoms. The normalized spacial score (nSPS) is 8.13. The molecule has 0 bridgehead atoms. The van der Waals surface area contributed by atoms with Crippen molar-refractivity contribution in [2.75, 3.05) is 0 Å². The number of carboxylic acid groups (broad SMARTS) is 1. The standard InChI is InChI=1S/C7H6O2.C5H11.K/c8-7(9)6-4-2-1-3-5-6;1-3-5-4-2;/h1-5H,(H,8,9);1,3-5H2,2H3;/q;-1;+1. The van der Waals surface area contributed by atoms with Crippen molar-refractivity contribution < 1.29 is 61.3 Å². The molecule has 1 aromatic rings. The fourth-order valence-electron chi connectivity index (χ4n) is 0.831. The van der Waals surface area contributed by atoms with Gasteiger partial charge in [-0.05, 0) is 12.1 Å². The first-order valence-corrected chi connectivity index (χ1v) is 4.80. The summed E-state index contributed by atoms with van der Waals surface area (Å²) in [6, 6.07) is 8.30. The Balaban J connectivity index is 0. The van der Waals surface area contributed by atoms with E-state index in [1.807, 2.05) is 0 Å². The van der Waals surface area contributed by atoms with Gasteiger partial charge in [-0.3, -0.25) is 0 Å². The molecule has 1 aromatic carbocycles. The number of rotatable bonds is 3. The maximum Gasteiger partial charge on any atom is 1.00 e. The van der Waals surface area contributed by atoms with Crippen LogP contribution < -0.4 is 51.4 Å². The van der Waals surface area contributed by atoms with Gasteiger partial charge in [0.1, 0.15) is 0 Å². The molecule has 2 nitrogen and oxygen atoms in total. The fourth-order valence-corrected chi connectivity index (χ4v) is 0.831. The van der Waals surface area contributed by atoms with Crippen molar-refractivity contribution in [3.8, 4) is 0 Å². The van der Waals surface area contributed by atoms with E-state index in [0.717, 1.165) is 6.42 Å². The van der Waals surface area contributed by atoms with Crippen LogP contribution in [0, 0.1) is 6.92 Å². The molecule has 0 radical (unpaired) electrons. The monoisotopic (exact) mass is 232 g/mol. The molecule has 78 valence electrons. The third-order valence-corrected chi connectivity index (χ3v) is 1.62. The Morgan fingerprint density at radius 2 is 1.87 bits per heavy atom. The van der Waals surface area contributed by atoms with Gasteiger partial charge in [0.25, 0.3) is 0 Å². The van der Waals surface area contributed by atoms with Crippen molar-refractivity contribution in [2.45, 2.75) is 26.2 Å². The Morgan fingerprint density at radius 1 is 1.33 bits per heavy atom. The second-order valence-corrected chi connectivity index (χ2v) is 2.88. The predicted octanol–water partition coefficient (Wildman–Crippen LogP) is 0.399. The van der Waals surface area contributed by atoms with Gasteiger partial charge in [0.2, 0.25) is 0 Å². The van der Waals surface area contributed by atoms with Gasteiger partial charge in [0.05, 0.1) is 5.56 Å². The van der Waals surface area contributed by atoms with Crippen LogP contribution in [0.5, 0.6) is 0 Å². The van der Waals surface area contributed by atoms with Gasteiger partial charge in [-0.15, -0.1) is 0 Å². The molecule has 0 unspecified atom stereocenters. The molecule has 3 heteroatoms. The van der Waals surface area contributed by atoms with Crippen LogP contribution in [0.25, 0.3) is 0 Å². The van der Waals surface area contributed by atoms with E-state index in [2.05, 4.69) is 13.8 Å². The van der Waals surface area contributed by atoms with Crippen LogP contribution in [-0.2, 0) is 0 Å². The second kappa shape index (κ2) is 12.4. The third-order valence-electron chi connectivity index (χ3n) is 1.62. The van der Waals surface area contributed by atoms with Gasteiger partial charge in [-0.1, -0.05) is 38.0 Å². The summed E-state index contributed by atoms with van der Waals surface area (Å²) < 4.78 is 0. The molecule has 0 aromatic heterocycles. The molecule has 0 spiro atoms. The number of unbranched alkanes of at least 4 members (excludes halogenated alkanes) is 2. The number of carboxylic acids is 1. The van der Waals surface area contributed by atoms with Crippen molar-refractivity contribution in [1.82, 2.24) is 0 Å². The van der Waals surface area contributed by atoms with Gasteiger partial charge < -0.3 is 12.0 Å². The number of hydrogen-bond donors (Lipinski definition) is 1. The Labute approximate surface area is 135 Å². The molecule has 0 aliphatic heterocycles. The van der Waals surface area contributed by atoms with Gasteiger partial charge in [-0.25, -0.2) is 4.79 Å². The SMILES string of the molecule is O=C(O)c1ccccc1.[CH2-]CCCC.[K+]. The number of aromatic carboxylic acids is 1. The van der Waals surface area contributed by atoms with Crippen molar-refractivity contribution in [3.63, 3.8) is 0 Å². The van der Waals surface area contributed by atoms with Crippen LogP contribution in [0.2, 0.25) is 0 Å². The molecule has 0 aliphatic carbocycles. The Hall–Kier alpha value is 0.326. The maximum atomic E-state index is 10.2. The van der Waals surface area contributed by atoms with E-state index in [-0.39, 0.29) is 51.4 Å². The summed E-state index contributed by atoms with van der Waals surface area (Å²) in [5.74, 6) is -0.879. The molecule has 0 saturated carbocycles. The Kier molecular flexibility index (Phi) is 14.6. The van der Waals surface area contributed by atoms with E-state index in [9.17, 15) is 4.79 Å². The topological polar surface area (TPSA) is 37.3 Å². The minimum atomic E-state index is -0.879. The third kappa shape index (κ3) is 10.6. The fraction of sp³-hybridized carbons (Fsp3) is 0.333. The molecule has 0 aliphatic rings. The Bertz CT molecular complexity index is 245. The average molecular weight is 232 g/mol. The van der Waals surface area contributed by atoms with E-state index in [1.54, 1.807) is 30.3 Å². The Morgan fingerprint density at radius 3 is 2.07 bits per heavy atom. The van der Waals surface area contributed by atoms with Crippen molar-refractivity contribution in [3.05, 3.63) is 42.8 Å². The average Bonchev–Trinajstić information content (AvgIpc) is 2.21. The summed E-state index contributed by atoms with van der Waals surface area (Å²) in [6.07, 6.45) is 3.65. The molecule has 0 fully saturated rings. The maximum absolute atomic E-state index is 10.2. The van der Waals surface area contributed by atoms with Crippen LogP contribution in [0.3, 0.4) is 0 Å². The van der Waals surface area contributed by atoms with Gasteiger partial charge in [0, 0.05) is 0 Å². The molecular formula is C12H17KO2. The first-order valence-electron chi connectivity index (χ1n) is 4.80. The number of benzene rings is 1. The summed E-state index contributed by atoms with van der Waals surface area (Å²) in [5.41, 5.74) is 0.331. The molecular weight excluding hydrogens is 215 g/mol. The van der Waals surface area contributed by atoms with E-state index >= 15 is 0 Å². The summed E-state index contributed by atoms with van der Waals surface area (Å²) in [5, 5.41) is 8.38. The van der Waals surface area contributed by atoms with E-state index < -0.39 is 5.97 Å². The van der Waals surface area contributed by atoms with Crippen molar-refractivity contribution in [1.29, 1.82) is 0 Å². The first kappa shape index (κ1) is 17.7. The minimum Gasteiger partial charge on any atom is -0.478 e. The van der Waals surface area contributed by atoms with Crippen molar-refractivity contribution >= 4 is 5.97 Å². The smallest absolute Gasteiger partial charge is 0.478 e. The van der Waals surface area contributed by atoms with E-state index in [1.165, 1.54) is 12.8 Å². The molecule has 0 heterocycles. The molecule has 0 amide bonds. The predicted molar refractivity (Wildman–Crippen MR) is 58.3 cm³/mol. The largest absolute Gasteiger partial charge is 1.00 e. The van der Waals surface area contributed by atoms with Crippen LogP contribution in [-0.4, -0.2) is 11.1 Å². The second-order valence-electron chi connectivity index (χ2n) is 2.88. The summed E-state index contributed by atoms with van der Waals surface area (Å²) >= 11 is 0. The number of carbonyl (C=O) groups is 1. The van der Waals surface area contributed by atoms with Crippen LogP contribution in [0.1, 0.15) is 36.5 Å². The molecule has 0 saturated heterocycles. The van der Waals surface area contributed by atoms with Crippen LogP contribution in [0.4, 0.5) is 0 Å². The minimum absolute atomic E-state index is 0. The molecule has 0 atom stereocenters. The first-order chi connectivity index (χ1) is 6.72. The summed E-state index contributed by atoms with van der Waals surface area (Å²) in [7, 11) is 0.